The molecule has 0 aliphatic rings. The van der Waals surface area contributed by atoms with Gasteiger partial charge in [0, 0.05) is 5.02 Å². The highest BCUT2D eigenvalue weighted by atomic mass is 35.5. The Morgan fingerprint density at radius 1 is 0.571 bits per heavy atom. The molecule has 0 amide bonds. The zero-order chi connectivity index (χ0) is 16.8. The Morgan fingerprint density at radius 3 is 1.19 bits per heavy atom. The lowest BCUT2D eigenvalue weighted by atomic mass is 10.2. The van der Waals surface area contributed by atoms with Gasteiger partial charge in [0.05, 0.1) is 0 Å². The number of aryl methyl sites for hydroxylation is 4. The number of hydrogen-bond acceptors (Lipinski definition) is 0. The molecular weight excluding hydrogens is 276 g/mol. The summed E-state index contributed by atoms with van der Waals surface area (Å²) in [4.78, 5) is 0. The normalized spacial score (nSPS) is 8.24. The van der Waals surface area contributed by atoms with E-state index in [-0.39, 0.29) is 0 Å². The predicted octanol–water partition coefficient (Wildman–Crippen LogP) is 7.31. The van der Waals surface area contributed by atoms with Crippen LogP contribution < -0.4 is 0 Å². The minimum Gasteiger partial charge on any atom is -0.0840 e. The van der Waals surface area contributed by atoms with Crippen molar-refractivity contribution in [3.63, 3.8) is 0 Å². The number of benzene rings is 2. The molecule has 0 N–H and O–H groups in total. The molecule has 118 valence electrons. The lowest BCUT2D eigenvalue weighted by Crippen LogP contribution is -1.75. The van der Waals surface area contributed by atoms with Crippen molar-refractivity contribution in [3.8, 4) is 0 Å². The van der Waals surface area contributed by atoms with Crippen LogP contribution in [0.1, 0.15) is 49.9 Å². The molecule has 1 heteroatoms. The second-order valence-electron chi connectivity index (χ2n) is 4.41. The molecule has 0 bridgehead atoms. The Labute approximate surface area is 137 Å². The summed E-state index contributed by atoms with van der Waals surface area (Å²) in [5.74, 6) is 0. The maximum atomic E-state index is 5.81. The lowest BCUT2D eigenvalue weighted by Gasteiger charge is -1.96. The quantitative estimate of drug-likeness (QED) is 0.478. The van der Waals surface area contributed by atoms with Gasteiger partial charge in [0.2, 0.25) is 0 Å². The molecule has 2 rings (SSSR count). The first-order valence-electron chi connectivity index (χ1n) is 7.75. The standard InChI is InChI=1S/C8H9Cl.C8H10.2C2H6/c1-6-3-4-7(2)8(9)5-6;1-7-3-5-8(2)6-4-7;2*1-2/h3-5H,1-2H3;3-6H,1-2H3;2*1-2H3. The smallest absolute Gasteiger partial charge is 0.0437 e. The van der Waals surface area contributed by atoms with Crippen molar-refractivity contribution in [2.75, 3.05) is 0 Å². The van der Waals surface area contributed by atoms with Gasteiger partial charge < -0.3 is 0 Å². The highest BCUT2D eigenvalue weighted by Gasteiger charge is 1.91. The highest BCUT2D eigenvalue weighted by Crippen LogP contribution is 2.15. The number of rotatable bonds is 0. The molecule has 0 saturated carbocycles. The predicted molar refractivity (Wildman–Crippen MR) is 99.5 cm³/mol. The number of halogens is 1. The van der Waals surface area contributed by atoms with Crippen molar-refractivity contribution < 1.29 is 0 Å². The first-order chi connectivity index (χ1) is 9.99. The fourth-order valence-electron chi connectivity index (χ4n) is 1.33. The average Bonchev–Trinajstić information content (AvgIpc) is 2.51. The van der Waals surface area contributed by atoms with Crippen molar-refractivity contribution in [1.29, 1.82) is 0 Å². The SMILES string of the molecule is CC.CC.Cc1ccc(C)c(Cl)c1.Cc1ccc(C)cc1. The summed E-state index contributed by atoms with van der Waals surface area (Å²) in [6.45, 7) is 16.2. The molecule has 0 aromatic heterocycles. The summed E-state index contributed by atoms with van der Waals surface area (Å²) in [7, 11) is 0. The van der Waals surface area contributed by atoms with Crippen LogP contribution in [0, 0.1) is 27.7 Å². The summed E-state index contributed by atoms with van der Waals surface area (Å²) >= 11 is 5.81. The summed E-state index contributed by atoms with van der Waals surface area (Å²) in [6, 6.07) is 14.5. The van der Waals surface area contributed by atoms with E-state index in [0.717, 1.165) is 10.6 Å². The van der Waals surface area contributed by atoms with E-state index < -0.39 is 0 Å². The summed E-state index contributed by atoms with van der Waals surface area (Å²) < 4.78 is 0. The van der Waals surface area contributed by atoms with E-state index in [9.17, 15) is 0 Å². The second-order valence-corrected chi connectivity index (χ2v) is 4.81. The van der Waals surface area contributed by atoms with Crippen LogP contribution in [0.5, 0.6) is 0 Å². The monoisotopic (exact) mass is 306 g/mol. The van der Waals surface area contributed by atoms with Crippen molar-refractivity contribution >= 4 is 11.6 Å². The van der Waals surface area contributed by atoms with Gasteiger partial charge in [0.25, 0.3) is 0 Å². The molecule has 0 atom stereocenters. The Morgan fingerprint density at radius 2 is 0.905 bits per heavy atom. The molecular formula is C20H31Cl. The molecule has 0 saturated heterocycles. The van der Waals surface area contributed by atoms with Crippen LogP contribution in [0.4, 0.5) is 0 Å². The zero-order valence-corrected chi connectivity index (χ0v) is 15.7. The first kappa shape index (κ1) is 22.0. The van der Waals surface area contributed by atoms with E-state index in [1.807, 2.05) is 53.7 Å². The highest BCUT2D eigenvalue weighted by molar-refractivity contribution is 6.31. The molecule has 21 heavy (non-hydrogen) atoms. The van der Waals surface area contributed by atoms with E-state index in [0.29, 0.717) is 0 Å². The molecule has 0 spiro atoms. The van der Waals surface area contributed by atoms with E-state index in [4.69, 9.17) is 11.6 Å². The van der Waals surface area contributed by atoms with E-state index >= 15 is 0 Å². The van der Waals surface area contributed by atoms with Crippen LogP contribution in [0.15, 0.2) is 42.5 Å². The van der Waals surface area contributed by atoms with E-state index in [1.165, 1.54) is 16.7 Å². The largest absolute Gasteiger partial charge is 0.0840 e. The van der Waals surface area contributed by atoms with Crippen molar-refractivity contribution in [2.45, 2.75) is 55.4 Å². The van der Waals surface area contributed by atoms with Gasteiger partial charge in [-0.15, -0.1) is 0 Å². The van der Waals surface area contributed by atoms with Gasteiger partial charge in [-0.1, -0.05) is 86.8 Å². The van der Waals surface area contributed by atoms with Gasteiger partial charge in [0.15, 0.2) is 0 Å². The maximum absolute atomic E-state index is 5.81. The summed E-state index contributed by atoms with van der Waals surface area (Å²) in [5, 5.41) is 0.856. The molecule has 0 aliphatic heterocycles. The fourth-order valence-corrected chi connectivity index (χ4v) is 1.57. The lowest BCUT2D eigenvalue weighted by molar-refractivity contribution is 1.40. The topological polar surface area (TPSA) is 0 Å². The van der Waals surface area contributed by atoms with Gasteiger partial charge in [-0.3, -0.25) is 0 Å². The Balaban J connectivity index is 0. The fraction of sp³-hybridized carbons (Fsp3) is 0.400. The molecule has 0 nitrogen and oxygen atoms in total. The summed E-state index contributed by atoms with van der Waals surface area (Å²) in [6.07, 6.45) is 0. The van der Waals surface area contributed by atoms with Crippen molar-refractivity contribution in [2.24, 2.45) is 0 Å². The Hall–Kier alpha value is -1.27. The minimum atomic E-state index is 0.856. The van der Waals surface area contributed by atoms with Crippen LogP contribution >= 0.6 is 11.6 Å². The molecule has 0 fully saturated rings. The minimum absolute atomic E-state index is 0.856. The van der Waals surface area contributed by atoms with Crippen LogP contribution in [0.25, 0.3) is 0 Å². The molecule has 0 heterocycles. The Bertz CT molecular complexity index is 449. The Kier molecular flexibility index (Phi) is 14.4. The van der Waals surface area contributed by atoms with Gasteiger partial charge >= 0.3 is 0 Å². The van der Waals surface area contributed by atoms with Crippen LogP contribution in [0.2, 0.25) is 5.02 Å². The van der Waals surface area contributed by atoms with Crippen LogP contribution in [-0.4, -0.2) is 0 Å². The third-order valence-corrected chi connectivity index (χ3v) is 2.95. The van der Waals surface area contributed by atoms with Crippen molar-refractivity contribution in [3.05, 3.63) is 69.7 Å². The molecule has 0 unspecified atom stereocenters. The van der Waals surface area contributed by atoms with Crippen LogP contribution in [0.3, 0.4) is 0 Å². The van der Waals surface area contributed by atoms with Crippen molar-refractivity contribution in [1.82, 2.24) is 0 Å². The van der Waals surface area contributed by atoms with Gasteiger partial charge in [0.1, 0.15) is 0 Å². The zero-order valence-electron chi connectivity index (χ0n) is 14.9. The average molecular weight is 307 g/mol. The van der Waals surface area contributed by atoms with Gasteiger partial charge in [-0.05, 0) is 44.9 Å². The van der Waals surface area contributed by atoms with Crippen LogP contribution in [-0.2, 0) is 0 Å². The van der Waals surface area contributed by atoms with Gasteiger partial charge in [-0.25, -0.2) is 0 Å². The number of hydrogen-bond donors (Lipinski definition) is 0. The third kappa shape index (κ3) is 11.1. The third-order valence-electron chi connectivity index (χ3n) is 2.55. The second kappa shape index (κ2) is 13.7. The summed E-state index contributed by atoms with van der Waals surface area (Å²) in [5.41, 5.74) is 5.01. The molecule has 0 radical (unpaired) electrons. The van der Waals surface area contributed by atoms with Gasteiger partial charge in [-0.2, -0.15) is 0 Å². The van der Waals surface area contributed by atoms with E-state index in [1.54, 1.807) is 0 Å². The molecule has 2 aromatic carbocycles. The molecule has 2 aromatic rings. The first-order valence-corrected chi connectivity index (χ1v) is 8.13. The van der Waals surface area contributed by atoms with E-state index in [2.05, 4.69) is 44.2 Å². The molecule has 0 aliphatic carbocycles. The maximum Gasteiger partial charge on any atom is 0.0437 e.